The third-order valence-electron chi connectivity index (χ3n) is 5.11. The maximum atomic E-state index is 13.6. The van der Waals surface area contributed by atoms with Gasteiger partial charge in [-0.3, -0.25) is 14.2 Å². The van der Waals surface area contributed by atoms with Crippen LogP contribution in [0.2, 0.25) is 0 Å². The first kappa shape index (κ1) is 20.0. The van der Waals surface area contributed by atoms with Crippen molar-refractivity contribution in [1.82, 2.24) is 14.5 Å². The molecule has 4 rings (SSSR count). The molecular weight excluding hydrogens is 406 g/mol. The largest absolute Gasteiger partial charge is 0.497 e. The Kier molecular flexibility index (Phi) is 5.65. The number of hydrogen-bond acceptors (Lipinski definition) is 6. The molecule has 0 N–H and O–H groups in total. The Morgan fingerprint density at radius 1 is 1.24 bits per heavy atom. The van der Waals surface area contributed by atoms with Crippen LogP contribution in [0, 0.1) is 0 Å². The van der Waals surface area contributed by atoms with Gasteiger partial charge in [0.05, 0.1) is 23.9 Å². The van der Waals surface area contributed by atoms with Gasteiger partial charge in [-0.05, 0) is 55.5 Å². The quantitative estimate of drug-likeness (QED) is 0.459. The molecule has 6 nitrogen and oxygen atoms in total. The number of benzene rings is 1. The Morgan fingerprint density at radius 3 is 2.66 bits per heavy atom. The summed E-state index contributed by atoms with van der Waals surface area (Å²) in [5.74, 6) is 0.934. The van der Waals surface area contributed by atoms with E-state index in [1.54, 1.807) is 42.0 Å². The molecule has 0 saturated carbocycles. The van der Waals surface area contributed by atoms with Gasteiger partial charge in [0, 0.05) is 19.0 Å². The summed E-state index contributed by atoms with van der Waals surface area (Å²) < 4.78 is 6.88. The first-order valence-corrected chi connectivity index (χ1v) is 11.3. The monoisotopic (exact) mass is 429 g/mol. The number of thiophene rings is 1. The number of thioether (sulfide) groups is 1. The minimum atomic E-state index is -0.0561. The fourth-order valence-electron chi connectivity index (χ4n) is 3.50. The zero-order chi connectivity index (χ0) is 20.5. The van der Waals surface area contributed by atoms with Gasteiger partial charge in [-0.15, -0.1) is 11.3 Å². The zero-order valence-electron chi connectivity index (χ0n) is 16.7. The average Bonchev–Trinajstić information content (AvgIpc) is 3.10. The summed E-state index contributed by atoms with van der Waals surface area (Å²) in [6, 6.07) is 7.36. The van der Waals surface area contributed by atoms with Gasteiger partial charge < -0.3 is 9.64 Å². The predicted octanol–water partition coefficient (Wildman–Crippen LogP) is 3.51. The summed E-state index contributed by atoms with van der Waals surface area (Å²) >= 11 is 2.92. The standard InChI is InChI=1S/C21H23N3O3S2/c1-23(2)17(25)12-28-21-22-19-18(15-6-4-5-7-16(15)29-19)20(26)24(21)13-8-10-14(27-3)11-9-13/h8-11H,4-7,12H2,1-3H3. The third kappa shape index (κ3) is 3.79. The number of carbonyl (C=O) groups is 1. The van der Waals surface area contributed by atoms with E-state index < -0.39 is 0 Å². The molecule has 0 aliphatic heterocycles. The summed E-state index contributed by atoms with van der Waals surface area (Å²) in [6.07, 6.45) is 4.21. The molecule has 8 heteroatoms. The number of fused-ring (bicyclic) bond motifs is 3. The Hall–Kier alpha value is -2.32. The smallest absolute Gasteiger partial charge is 0.267 e. The van der Waals surface area contributed by atoms with Crippen molar-refractivity contribution in [2.24, 2.45) is 0 Å². The lowest BCUT2D eigenvalue weighted by Crippen LogP contribution is -2.25. The van der Waals surface area contributed by atoms with Crippen LogP contribution in [0.25, 0.3) is 15.9 Å². The highest BCUT2D eigenvalue weighted by molar-refractivity contribution is 7.99. The lowest BCUT2D eigenvalue weighted by atomic mass is 9.97. The molecule has 2 aromatic heterocycles. The second-order valence-corrected chi connectivity index (χ2v) is 9.23. The first-order chi connectivity index (χ1) is 14.0. The lowest BCUT2D eigenvalue weighted by Gasteiger charge is -2.15. The highest BCUT2D eigenvalue weighted by Crippen LogP contribution is 2.35. The van der Waals surface area contributed by atoms with Crippen LogP contribution in [0.5, 0.6) is 5.75 Å². The Morgan fingerprint density at radius 2 is 1.97 bits per heavy atom. The van der Waals surface area contributed by atoms with E-state index in [0.29, 0.717) is 5.16 Å². The van der Waals surface area contributed by atoms with Crippen LogP contribution >= 0.6 is 23.1 Å². The van der Waals surface area contributed by atoms with Gasteiger partial charge in [0.15, 0.2) is 5.16 Å². The van der Waals surface area contributed by atoms with Crippen molar-refractivity contribution in [3.05, 3.63) is 45.1 Å². The van der Waals surface area contributed by atoms with Gasteiger partial charge >= 0.3 is 0 Å². The molecule has 2 heterocycles. The number of rotatable bonds is 5. The SMILES string of the molecule is COc1ccc(-n2c(SCC(=O)N(C)C)nc3sc4c(c3c2=O)CCCC4)cc1. The molecule has 0 fully saturated rings. The highest BCUT2D eigenvalue weighted by atomic mass is 32.2. The number of hydrogen-bond donors (Lipinski definition) is 0. The topological polar surface area (TPSA) is 64.4 Å². The molecule has 3 aromatic rings. The van der Waals surface area contributed by atoms with E-state index in [4.69, 9.17) is 9.72 Å². The van der Waals surface area contributed by atoms with Crippen LogP contribution in [0.1, 0.15) is 23.3 Å². The first-order valence-electron chi connectivity index (χ1n) is 9.54. The molecule has 152 valence electrons. The summed E-state index contributed by atoms with van der Waals surface area (Å²) in [7, 11) is 5.06. The van der Waals surface area contributed by atoms with Crippen LogP contribution in [0.3, 0.4) is 0 Å². The third-order valence-corrected chi connectivity index (χ3v) is 7.22. The second-order valence-electron chi connectivity index (χ2n) is 7.20. The lowest BCUT2D eigenvalue weighted by molar-refractivity contribution is -0.125. The summed E-state index contributed by atoms with van der Waals surface area (Å²) in [5.41, 5.74) is 1.83. The van der Waals surface area contributed by atoms with Crippen LogP contribution in [0.4, 0.5) is 0 Å². The van der Waals surface area contributed by atoms with Crippen molar-refractivity contribution in [3.63, 3.8) is 0 Å². The van der Waals surface area contributed by atoms with Crippen molar-refractivity contribution in [2.45, 2.75) is 30.8 Å². The summed E-state index contributed by atoms with van der Waals surface area (Å²) in [5, 5.41) is 1.28. The summed E-state index contributed by atoms with van der Waals surface area (Å²) in [6.45, 7) is 0. The highest BCUT2D eigenvalue weighted by Gasteiger charge is 2.23. The van der Waals surface area contributed by atoms with E-state index in [9.17, 15) is 9.59 Å². The van der Waals surface area contributed by atoms with Crippen molar-refractivity contribution in [1.29, 1.82) is 0 Å². The minimum Gasteiger partial charge on any atom is -0.497 e. The van der Waals surface area contributed by atoms with Gasteiger partial charge in [0.1, 0.15) is 10.6 Å². The molecule has 1 aromatic carbocycles. The number of aromatic nitrogens is 2. The number of methoxy groups -OCH3 is 1. The fraction of sp³-hybridized carbons (Fsp3) is 0.381. The molecule has 0 atom stereocenters. The Balaban J connectivity index is 1.88. The molecule has 0 unspecified atom stereocenters. The Bertz CT molecular complexity index is 1120. The molecule has 1 aliphatic rings. The number of nitrogens with zero attached hydrogens (tertiary/aromatic N) is 3. The number of carbonyl (C=O) groups excluding carboxylic acids is 1. The predicted molar refractivity (Wildman–Crippen MR) is 118 cm³/mol. The van der Waals surface area contributed by atoms with E-state index >= 15 is 0 Å². The Labute approximate surface area is 177 Å². The number of amides is 1. The van der Waals surface area contributed by atoms with Gasteiger partial charge in [-0.1, -0.05) is 11.8 Å². The van der Waals surface area contributed by atoms with Gasteiger partial charge in [0.2, 0.25) is 5.91 Å². The van der Waals surface area contributed by atoms with E-state index in [1.165, 1.54) is 16.6 Å². The van der Waals surface area contributed by atoms with Crippen molar-refractivity contribution in [2.75, 3.05) is 27.0 Å². The fourth-order valence-corrected chi connectivity index (χ4v) is 5.79. The number of ether oxygens (including phenoxy) is 1. The van der Waals surface area contributed by atoms with Crippen LogP contribution in [-0.2, 0) is 17.6 Å². The van der Waals surface area contributed by atoms with Crippen LogP contribution in [-0.4, -0.2) is 47.3 Å². The van der Waals surface area contributed by atoms with Crippen molar-refractivity contribution in [3.8, 4) is 11.4 Å². The van der Waals surface area contributed by atoms with Gasteiger partial charge in [-0.2, -0.15) is 0 Å². The van der Waals surface area contributed by atoms with Gasteiger partial charge in [-0.25, -0.2) is 4.98 Å². The number of aryl methyl sites for hydroxylation is 2. The molecule has 1 aliphatic carbocycles. The maximum absolute atomic E-state index is 13.6. The molecule has 0 saturated heterocycles. The molecular formula is C21H23N3O3S2. The maximum Gasteiger partial charge on any atom is 0.267 e. The van der Waals surface area contributed by atoms with Crippen LogP contribution in [0.15, 0.2) is 34.2 Å². The van der Waals surface area contributed by atoms with Crippen LogP contribution < -0.4 is 10.3 Å². The minimum absolute atomic E-state index is 0.0175. The van der Waals surface area contributed by atoms with Crippen molar-refractivity contribution >= 4 is 39.2 Å². The molecule has 1 amide bonds. The van der Waals surface area contributed by atoms with Crippen molar-refractivity contribution < 1.29 is 9.53 Å². The molecule has 0 bridgehead atoms. The average molecular weight is 430 g/mol. The molecule has 0 spiro atoms. The second kappa shape index (κ2) is 8.20. The molecule has 0 radical (unpaired) electrons. The summed E-state index contributed by atoms with van der Waals surface area (Å²) in [4.78, 5) is 34.2. The normalized spacial score (nSPS) is 13.3. The van der Waals surface area contributed by atoms with E-state index in [1.807, 2.05) is 24.3 Å². The van der Waals surface area contributed by atoms with E-state index in [0.717, 1.165) is 52.9 Å². The zero-order valence-corrected chi connectivity index (χ0v) is 18.4. The molecule has 29 heavy (non-hydrogen) atoms. The van der Waals surface area contributed by atoms with Gasteiger partial charge in [0.25, 0.3) is 5.56 Å². The van der Waals surface area contributed by atoms with E-state index in [2.05, 4.69) is 0 Å². The van der Waals surface area contributed by atoms with E-state index in [-0.39, 0.29) is 17.2 Å².